The van der Waals surface area contributed by atoms with Crippen LogP contribution in [0.3, 0.4) is 0 Å². The molecule has 0 radical (unpaired) electrons. The highest BCUT2D eigenvalue weighted by molar-refractivity contribution is 5.41. The Morgan fingerprint density at radius 2 is 1.50 bits per heavy atom. The third-order valence-electron chi connectivity index (χ3n) is 5.79. The standard InChI is InChI=1S/C25H29N3O2/c1-18-5-7-20(8-6-18)24(2,3)21-9-11-22(12-10-21)30-15-19-13-26-23(27-14-19)28-16-25(4,29)17-28/h5-14,29H,15-17H2,1-4H3. The second-order valence-electron chi connectivity index (χ2n) is 9.05. The lowest BCUT2D eigenvalue weighted by molar-refractivity contribution is 0.0299. The molecule has 1 aromatic heterocycles. The van der Waals surface area contributed by atoms with Crippen molar-refractivity contribution in [2.75, 3.05) is 18.0 Å². The van der Waals surface area contributed by atoms with E-state index in [1.54, 1.807) is 12.4 Å². The molecule has 1 aliphatic heterocycles. The predicted molar refractivity (Wildman–Crippen MR) is 119 cm³/mol. The average molecular weight is 404 g/mol. The van der Waals surface area contributed by atoms with Crippen molar-refractivity contribution in [2.45, 2.75) is 45.3 Å². The number of benzene rings is 2. The van der Waals surface area contributed by atoms with E-state index >= 15 is 0 Å². The molecule has 4 rings (SSSR count). The van der Waals surface area contributed by atoms with Crippen molar-refractivity contribution in [2.24, 2.45) is 0 Å². The van der Waals surface area contributed by atoms with E-state index in [-0.39, 0.29) is 5.41 Å². The zero-order valence-electron chi connectivity index (χ0n) is 18.1. The van der Waals surface area contributed by atoms with Gasteiger partial charge >= 0.3 is 0 Å². The second kappa shape index (κ2) is 7.73. The lowest BCUT2D eigenvalue weighted by Gasteiger charge is -2.44. The van der Waals surface area contributed by atoms with Crippen molar-refractivity contribution < 1.29 is 9.84 Å². The molecule has 1 N–H and O–H groups in total. The van der Waals surface area contributed by atoms with Crippen LogP contribution in [0.2, 0.25) is 0 Å². The first-order chi connectivity index (χ1) is 14.2. The van der Waals surface area contributed by atoms with Gasteiger partial charge in [0.05, 0.1) is 18.7 Å². The molecule has 2 aromatic carbocycles. The van der Waals surface area contributed by atoms with Crippen LogP contribution in [0.4, 0.5) is 5.95 Å². The summed E-state index contributed by atoms with van der Waals surface area (Å²) in [5.74, 6) is 1.47. The second-order valence-corrected chi connectivity index (χ2v) is 9.05. The van der Waals surface area contributed by atoms with Gasteiger partial charge in [-0.1, -0.05) is 55.8 Å². The maximum Gasteiger partial charge on any atom is 0.225 e. The zero-order chi connectivity index (χ0) is 21.4. The van der Waals surface area contributed by atoms with Crippen LogP contribution in [0.25, 0.3) is 0 Å². The summed E-state index contributed by atoms with van der Waals surface area (Å²) in [4.78, 5) is 10.7. The van der Waals surface area contributed by atoms with Gasteiger partial charge in [0.2, 0.25) is 5.95 Å². The van der Waals surface area contributed by atoms with Gasteiger partial charge in [0, 0.05) is 23.4 Å². The molecule has 1 saturated heterocycles. The highest BCUT2D eigenvalue weighted by atomic mass is 16.5. The lowest BCUT2D eigenvalue weighted by atomic mass is 9.78. The molecule has 156 valence electrons. The zero-order valence-corrected chi connectivity index (χ0v) is 18.1. The van der Waals surface area contributed by atoms with Gasteiger partial charge < -0.3 is 14.7 Å². The van der Waals surface area contributed by atoms with Crippen LogP contribution < -0.4 is 9.64 Å². The van der Waals surface area contributed by atoms with E-state index in [2.05, 4.69) is 67.1 Å². The summed E-state index contributed by atoms with van der Waals surface area (Å²) < 4.78 is 5.92. The minimum absolute atomic E-state index is 0.0720. The van der Waals surface area contributed by atoms with Crippen molar-refractivity contribution >= 4 is 5.95 Å². The number of nitrogens with zero attached hydrogens (tertiary/aromatic N) is 3. The summed E-state index contributed by atoms with van der Waals surface area (Å²) in [5, 5.41) is 9.84. The SMILES string of the molecule is Cc1ccc(C(C)(C)c2ccc(OCc3cnc(N4CC(C)(O)C4)nc3)cc2)cc1. The van der Waals surface area contributed by atoms with Gasteiger partial charge in [-0.3, -0.25) is 0 Å². The lowest BCUT2D eigenvalue weighted by Crippen LogP contribution is -2.60. The van der Waals surface area contributed by atoms with Gasteiger partial charge in [0.25, 0.3) is 0 Å². The number of hydrogen-bond donors (Lipinski definition) is 1. The molecule has 2 heterocycles. The van der Waals surface area contributed by atoms with E-state index in [9.17, 15) is 5.11 Å². The van der Waals surface area contributed by atoms with E-state index in [0.29, 0.717) is 25.6 Å². The molecule has 0 amide bonds. The molecule has 5 heteroatoms. The van der Waals surface area contributed by atoms with E-state index in [1.165, 1.54) is 16.7 Å². The number of rotatable bonds is 6. The fourth-order valence-corrected chi connectivity index (χ4v) is 3.77. The van der Waals surface area contributed by atoms with Crippen molar-refractivity contribution in [3.63, 3.8) is 0 Å². The Bertz CT molecular complexity index is 986. The number of hydrogen-bond acceptors (Lipinski definition) is 5. The molecular weight excluding hydrogens is 374 g/mol. The molecule has 30 heavy (non-hydrogen) atoms. The topological polar surface area (TPSA) is 58.5 Å². The molecule has 5 nitrogen and oxygen atoms in total. The van der Waals surface area contributed by atoms with Crippen LogP contribution in [-0.4, -0.2) is 33.8 Å². The van der Waals surface area contributed by atoms with Crippen molar-refractivity contribution in [1.82, 2.24) is 9.97 Å². The van der Waals surface area contributed by atoms with Crippen LogP contribution in [-0.2, 0) is 12.0 Å². The largest absolute Gasteiger partial charge is 0.489 e. The van der Waals surface area contributed by atoms with Crippen LogP contribution in [0, 0.1) is 6.92 Å². The third-order valence-corrected chi connectivity index (χ3v) is 5.79. The molecule has 0 spiro atoms. The summed E-state index contributed by atoms with van der Waals surface area (Å²) in [7, 11) is 0. The molecule has 0 atom stereocenters. The summed E-state index contributed by atoms with van der Waals surface area (Å²) in [5.41, 5.74) is 4.02. The summed E-state index contributed by atoms with van der Waals surface area (Å²) in [6.07, 6.45) is 3.56. The number of aryl methyl sites for hydroxylation is 1. The van der Waals surface area contributed by atoms with E-state index in [4.69, 9.17) is 4.74 Å². The normalized spacial score (nSPS) is 15.6. The van der Waals surface area contributed by atoms with Crippen LogP contribution >= 0.6 is 0 Å². The number of aromatic nitrogens is 2. The summed E-state index contributed by atoms with van der Waals surface area (Å²) >= 11 is 0. The van der Waals surface area contributed by atoms with Gasteiger partial charge in [0.15, 0.2) is 0 Å². The summed E-state index contributed by atoms with van der Waals surface area (Å²) in [6, 6.07) is 17.0. The first-order valence-electron chi connectivity index (χ1n) is 10.3. The Labute approximate surface area is 178 Å². The monoisotopic (exact) mass is 403 g/mol. The maximum atomic E-state index is 9.84. The Balaban J connectivity index is 1.36. The molecule has 3 aromatic rings. The minimum atomic E-state index is -0.634. The van der Waals surface area contributed by atoms with Crippen molar-refractivity contribution in [3.8, 4) is 5.75 Å². The Hall–Kier alpha value is -2.92. The number of ether oxygens (including phenoxy) is 1. The maximum absolute atomic E-state index is 9.84. The van der Waals surface area contributed by atoms with Gasteiger partial charge in [-0.15, -0.1) is 0 Å². The number of aliphatic hydroxyl groups is 1. The highest BCUT2D eigenvalue weighted by Gasteiger charge is 2.37. The van der Waals surface area contributed by atoms with Crippen molar-refractivity contribution in [3.05, 3.63) is 83.2 Å². The summed E-state index contributed by atoms with van der Waals surface area (Å²) in [6.45, 7) is 9.95. The molecule has 1 aliphatic rings. The van der Waals surface area contributed by atoms with Gasteiger partial charge in [-0.25, -0.2) is 9.97 Å². The average Bonchev–Trinajstić information content (AvgIpc) is 2.71. The number of β-amino-alcohol motifs (C(OH)–C–C–N with tert-alkyl or cyclic N) is 1. The van der Waals surface area contributed by atoms with Crippen LogP contribution in [0.15, 0.2) is 60.9 Å². The first kappa shape index (κ1) is 20.4. The molecular formula is C25H29N3O2. The molecule has 1 fully saturated rings. The van der Waals surface area contributed by atoms with Crippen LogP contribution in [0.1, 0.15) is 43.0 Å². The fraction of sp³-hybridized carbons (Fsp3) is 0.360. The highest BCUT2D eigenvalue weighted by Crippen LogP contribution is 2.32. The van der Waals surface area contributed by atoms with E-state index in [0.717, 1.165) is 11.3 Å². The molecule has 0 aliphatic carbocycles. The Morgan fingerprint density at radius 3 is 2.03 bits per heavy atom. The Kier molecular flexibility index (Phi) is 5.24. The molecule has 0 saturated carbocycles. The number of anilines is 1. The Morgan fingerprint density at radius 1 is 0.967 bits per heavy atom. The van der Waals surface area contributed by atoms with Gasteiger partial charge in [-0.05, 0) is 37.1 Å². The van der Waals surface area contributed by atoms with Crippen molar-refractivity contribution in [1.29, 1.82) is 0 Å². The molecule has 0 bridgehead atoms. The van der Waals surface area contributed by atoms with Gasteiger partial charge in [0.1, 0.15) is 12.4 Å². The first-order valence-corrected chi connectivity index (χ1v) is 10.3. The smallest absolute Gasteiger partial charge is 0.225 e. The van der Waals surface area contributed by atoms with E-state index in [1.807, 2.05) is 24.0 Å². The third kappa shape index (κ3) is 4.31. The fourth-order valence-electron chi connectivity index (χ4n) is 3.77. The van der Waals surface area contributed by atoms with Crippen LogP contribution in [0.5, 0.6) is 5.75 Å². The minimum Gasteiger partial charge on any atom is -0.489 e. The molecule has 0 unspecified atom stereocenters. The van der Waals surface area contributed by atoms with Gasteiger partial charge in [-0.2, -0.15) is 0 Å². The predicted octanol–water partition coefficient (Wildman–Crippen LogP) is 4.26. The van der Waals surface area contributed by atoms with E-state index < -0.39 is 5.60 Å². The quantitative estimate of drug-likeness (QED) is 0.666.